The van der Waals surface area contributed by atoms with E-state index in [0.29, 0.717) is 17.9 Å². The highest BCUT2D eigenvalue weighted by molar-refractivity contribution is 9.10. The highest BCUT2D eigenvalue weighted by atomic mass is 79.9. The monoisotopic (exact) mass is 291 g/mol. The fraction of sp³-hybridized carbons (Fsp3) is 0.182. The van der Waals surface area contributed by atoms with Crippen molar-refractivity contribution in [1.82, 2.24) is 14.8 Å². The van der Waals surface area contributed by atoms with Crippen LogP contribution in [-0.2, 0) is 13.6 Å². The summed E-state index contributed by atoms with van der Waals surface area (Å²) in [6.07, 6.45) is 1.64. The molecule has 0 radical (unpaired) electrons. The molecule has 0 saturated heterocycles. The molecule has 0 atom stereocenters. The number of hydrogen-bond acceptors (Lipinski definition) is 4. The van der Waals surface area contributed by atoms with Crippen LogP contribution in [0, 0.1) is 11.3 Å². The van der Waals surface area contributed by atoms with Gasteiger partial charge in [0.1, 0.15) is 12.4 Å². The molecule has 0 unspecified atom stereocenters. The van der Waals surface area contributed by atoms with Gasteiger partial charge in [0, 0.05) is 11.5 Å². The van der Waals surface area contributed by atoms with E-state index >= 15 is 0 Å². The maximum absolute atomic E-state index is 9.00. The number of rotatable bonds is 3. The van der Waals surface area contributed by atoms with Crippen molar-refractivity contribution >= 4 is 21.6 Å². The van der Waals surface area contributed by atoms with Crippen LogP contribution >= 0.6 is 15.9 Å². The summed E-state index contributed by atoms with van der Waals surface area (Å²) in [5.74, 6) is 0.694. The van der Waals surface area contributed by atoms with Gasteiger partial charge in [0.05, 0.1) is 17.8 Å². The quantitative estimate of drug-likeness (QED) is 0.940. The maximum Gasteiger partial charge on any atom is 0.169 e. The number of nitrogens with zero attached hydrogens (tertiary/aromatic N) is 4. The van der Waals surface area contributed by atoms with Gasteiger partial charge in [0.25, 0.3) is 0 Å². The third-order valence-corrected chi connectivity index (χ3v) is 2.68. The summed E-state index contributed by atoms with van der Waals surface area (Å²) in [6.45, 7) is 0.497. The zero-order chi connectivity index (χ0) is 12.3. The molecule has 0 aliphatic heterocycles. The second-order valence-electron chi connectivity index (χ2n) is 3.49. The van der Waals surface area contributed by atoms with Crippen LogP contribution in [0.1, 0.15) is 11.4 Å². The van der Waals surface area contributed by atoms with Crippen LogP contribution in [0.4, 0.5) is 5.69 Å². The molecule has 0 aliphatic rings. The van der Waals surface area contributed by atoms with Gasteiger partial charge in [-0.3, -0.25) is 4.68 Å². The Labute approximate surface area is 107 Å². The smallest absolute Gasteiger partial charge is 0.169 e. The van der Waals surface area contributed by atoms with Crippen LogP contribution in [0.25, 0.3) is 0 Å². The number of hydrogen-bond donors (Lipinski definition) is 1. The lowest BCUT2D eigenvalue weighted by Crippen LogP contribution is -2.03. The molecular weight excluding hydrogens is 282 g/mol. The van der Waals surface area contributed by atoms with Gasteiger partial charge in [-0.2, -0.15) is 10.4 Å². The van der Waals surface area contributed by atoms with E-state index < -0.39 is 0 Å². The number of halogens is 1. The fourth-order valence-corrected chi connectivity index (χ4v) is 1.76. The van der Waals surface area contributed by atoms with E-state index in [4.69, 9.17) is 5.26 Å². The average molecular weight is 292 g/mol. The minimum absolute atomic E-state index is 0.497. The molecule has 86 valence electrons. The molecule has 0 aliphatic carbocycles. The van der Waals surface area contributed by atoms with Crippen molar-refractivity contribution in [2.24, 2.45) is 7.05 Å². The van der Waals surface area contributed by atoms with E-state index in [1.807, 2.05) is 19.2 Å². The highest BCUT2D eigenvalue weighted by Gasteiger charge is 2.04. The summed E-state index contributed by atoms with van der Waals surface area (Å²) in [7, 11) is 1.82. The first-order chi connectivity index (χ1) is 8.19. The van der Waals surface area contributed by atoms with Gasteiger partial charge in [0.15, 0.2) is 5.82 Å². The number of anilines is 1. The van der Waals surface area contributed by atoms with E-state index in [0.717, 1.165) is 10.2 Å². The highest BCUT2D eigenvalue weighted by Crippen LogP contribution is 2.20. The summed E-state index contributed by atoms with van der Waals surface area (Å²) in [6, 6.07) is 7.65. The van der Waals surface area contributed by atoms with Gasteiger partial charge in [-0.25, -0.2) is 4.98 Å². The zero-order valence-corrected chi connectivity index (χ0v) is 10.8. The maximum atomic E-state index is 9.00. The molecule has 2 rings (SSSR count). The Hall–Kier alpha value is -1.87. The van der Waals surface area contributed by atoms with Crippen molar-refractivity contribution in [1.29, 1.82) is 5.26 Å². The molecule has 1 heterocycles. The lowest BCUT2D eigenvalue weighted by molar-refractivity contribution is 0.747. The first-order valence-electron chi connectivity index (χ1n) is 4.97. The first kappa shape index (κ1) is 11.6. The third kappa shape index (κ3) is 2.82. The van der Waals surface area contributed by atoms with Crippen molar-refractivity contribution < 1.29 is 0 Å². The molecule has 17 heavy (non-hydrogen) atoms. The second-order valence-corrected chi connectivity index (χ2v) is 4.41. The van der Waals surface area contributed by atoms with Crippen molar-refractivity contribution in [3.8, 4) is 6.07 Å². The molecule has 0 amide bonds. The Morgan fingerprint density at radius 1 is 1.53 bits per heavy atom. The number of nitriles is 1. The first-order valence-corrected chi connectivity index (χ1v) is 5.76. The Morgan fingerprint density at radius 2 is 2.35 bits per heavy atom. The van der Waals surface area contributed by atoms with Gasteiger partial charge >= 0.3 is 0 Å². The van der Waals surface area contributed by atoms with Gasteiger partial charge < -0.3 is 5.32 Å². The van der Waals surface area contributed by atoms with E-state index in [1.165, 1.54) is 0 Å². The van der Waals surface area contributed by atoms with Crippen molar-refractivity contribution in [2.75, 3.05) is 5.32 Å². The van der Waals surface area contributed by atoms with Crippen molar-refractivity contribution in [2.45, 2.75) is 6.54 Å². The summed E-state index contributed by atoms with van der Waals surface area (Å²) >= 11 is 3.33. The van der Waals surface area contributed by atoms with Crippen LogP contribution in [0.2, 0.25) is 0 Å². The van der Waals surface area contributed by atoms with E-state index in [1.54, 1.807) is 17.1 Å². The topological polar surface area (TPSA) is 66.5 Å². The summed E-state index contributed by atoms with van der Waals surface area (Å²) in [5.41, 5.74) is 1.37. The standard InChI is InChI=1S/C11H10BrN5/c1-17-7-15-11(16-17)6-14-10-3-2-9(12)4-8(10)5-13/h2-4,7,14H,6H2,1H3. The Bertz CT molecular complexity index is 569. The number of aromatic nitrogens is 3. The zero-order valence-electron chi connectivity index (χ0n) is 9.18. The summed E-state index contributed by atoms with van der Waals surface area (Å²) in [5, 5.41) is 16.3. The van der Waals surface area contributed by atoms with Crippen LogP contribution in [0.3, 0.4) is 0 Å². The SMILES string of the molecule is Cn1cnc(CNc2ccc(Br)cc2C#N)n1. The van der Waals surface area contributed by atoms with E-state index in [-0.39, 0.29) is 0 Å². The molecule has 1 aromatic carbocycles. The van der Waals surface area contributed by atoms with E-state index in [2.05, 4.69) is 37.4 Å². The molecule has 0 bridgehead atoms. The molecule has 1 N–H and O–H groups in total. The number of aryl methyl sites for hydroxylation is 1. The molecule has 2 aromatic rings. The number of nitrogens with one attached hydrogen (secondary N) is 1. The lowest BCUT2D eigenvalue weighted by atomic mass is 10.2. The van der Waals surface area contributed by atoms with E-state index in [9.17, 15) is 0 Å². The van der Waals surface area contributed by atoms with Crippen LogP contribution < -0.4 is 5.32 Å². The third-order valence-electron chi connectivity index (χ3n) is 2.19. The molecule has 1 aromatic heterocycles. The Balaban J connectivity index is 2.12. The minimum Gasteiger partial charge on any atom is -0.377 e. The van der Waals surface area contributed by atoms with Crippen LogP contribution in [0.15, 0.2) is 29.0 Å². The van der Waals surface area contributed by atoms with Crippen molar-refractivity contribution in [3.63, 3.8) is 0 Å². The van der Waals surface area contributed by atoms with Crippen molar-refractivity contribution in [3.05, 3.63) is 40.4 Å². The molecule has 0 spiro atoms. The van der Waals surface area contributed by atoms with Crippen LogP contribution in [0.5, 0.6) is 0 Å². The molecular formula is C11H10BrN5. The molecule has 0 saturated carbocycles. The van der Waals surface area contributed by atoms with Crippen LogP contribution in [-0.4, -0.2) is 14.8 Å². The fourth-order valence-electron chi connectivity index (χ4n) is 1.40. The Kier molecular flexibility index (Phi) is 3.40. The predicted octanol–water partition coefficient (Wildman–Crippen LogP) is 2.06. The summed E-state index contributed by atoms with van der Waals surface area (Å²) < 4.78 is 2.53. The molecule has 0 fully saturated rings. The second kappa shape index (κ2) is 4.97. The van der Waals surface area contributed by atoms with Gasteiger partial charge in [0.2, 0.25) is 0 Å². The molecule has 5 nitrogen and oxygen atoms in total. The normalized spacial score (nSPS) is 9.94. The predicted molar refractivity (Wildman–Crippen MR) is 67.2 cm³/mol. The Morgan fingerprint density at radius 3 is 3.00 bits per heavy atom. The summed E-state index contributed by atoms with van der Waals surface area (Å²) in [4.78, 5) is 4.10. The largest absolute Gasteiger partial charge is 0.377 e. The van der Waals surface area contributed by atoms with Gasteiger partial charge in [-0.1, -0.05) is 15.9 Å². The lowest BCUT2D eigenvalue weighted by Gasteiger charge is -2.06. The van der Waals surface area contributed by atoms with Gasteiger partial charge in [-0.05, 0) is 18.2 Å². The number of benzene rings is 1. The minimum atomic E-state index is 0.497. The average Bonchev–Trinajstić information content (AvgIpc) is 2.73. The van der Waals surface area contributed by atoms with Gasteiger partial charge in [-0.15, -0.1) is 0 Å². The molecule has 6 heteroatoms.